The third kappa shape index (κ3) is 2.63. The number of nitrogens with zero attached hydrogens (tertiary/aromatic N) is 2. The number of hydrogen-bond acceptors (Lipinski definition) is 2. The third-order valence-electron chi connectivity index (χ3n) is 5.50. The molecule has 0 unspecified atom stereocenters. The summed E-state index contributed by atoms with van der Waals surface area (Å²) in [6, 6.07) is 7.45. The van der Waals surface area contributed by atoms with Crippen molar-refractivity contribution in [2.75, 3.05) is 13.1 Å². The third-order valence-corrected chi connectivity index (χ3v) is 5.80. The van der Waals surface area contributed by atoms with E-state index in [4.69, 9.17) is 0 Å². The minimum atomic E-state index is 0. The van der Waals surface area contributed by atoms with Gasteiger partial charge < -0.3 is 4.57 Å². The molecular formula is C19H25ClN2S. The fourth-order valence-electron chi connectivity index (χ4n) is 4.71. The lowest BCUT2D eigenvalue weighted by Gasteiger charge is -2.46. The number of hydrogen-bond donors (Lipinski definition) is 1. The van der Waals surface area contributed by atoms with Crippen molar-refractivity contribution in [3.05, 3.63) is 48.2 Å². The number of benzene rings is 1. The van der Waals surface area contributed by atoms with Crippen molar-refractivity contribution < 1.29 is 0 Å². The molecule has 1 aliphatic carbocycles. The first-order chi connectivity index (χ1) is 10.7. The monoisotopic (exact) mass is 348 g/mol. The van der Waals surface area contributed by atoms with Crippen LogP contribution in [0.25, 0.3) is 10.9 Å². The highest BCUT2D eigenvalue weighted by atomic mass is 35.5. The van der Waals surface area contributed by atoms with Gasteiger partial charge in [-0.3, -0.25) is 4.90 Å². The number of fused-ring (bicyclic) bond motifs is 2. The zero-order chi connectivity index (χ0) is 15.3. The van der Waals surface area contributed by atoms with Gasteiger partial charge >= 0.3 is 0 Å². The molecule has 0 bridgehead atoms. The Morgan fingerprint density at radius 1 is 1.39 bits per heavy atom. The average molecular weight is 349 g/mol. The van der Waals surface area contributed by atoms with E-state index in [9.17, 15) is 0 Å². The van der Waals surface area contributed by atoms with Crippen molar-refractivity contribution in [1.82, 2.24) is 9.47 Å². The summed E-state index contributed by atoms with van der Waals surface area (Å²) >= 11 is 4.50. The molecule has 2 heterocycles. The molecule has 3 atom stereocenters. The van der Waals surface area contributed by atoms with E-state index in [1.807, 2.05) is 0 Å². The van der Waals surface area contributed by atoms with Crippen LogP contribution >= 0.6 is 25.0 Å². The van der Waals surface area contributed by atoms with E-state index in [1.165, 1.54) is 35.9 Å². The SMILES string of the molecule is C=CCN1C[C@H](C)C[C@@H]2c3cccc4c3c(cn4CS)C[C@H]21.Cl. The molecule has 2 aromatic rings. The van der Waals surface area contributed by atoms with Crippen LogP contribution in [0.4, 0.5) is 0 Å². The zero-order valence-corrected chi connectivity index (χ0v) is 15.3. The summed E-state index contributed by atoms with van der Waals surface area (Å²) in [5, 5.41) is 1.51. The molecular weight excluding hydrogens is 324 g/mol. The van der Waals surface area contributed by atoms with Gasteiger partial charge in [-0.2, -0.15) is 12.6 Å². The van der Waals surface area contributed by atoms with Gasteiger partial charge in [0.25, 0.3) is 0 Å². The van der Waals surface area contributed by atoms with Crippen LogP contribution in [0, 0.1) is 5.92 Å². The van der Waals surface area contributed by atoms with E-state index >= 15 is 0 Å². The van der Waals surface area contributed by atoms with Gasteiger partial charge in [-0.05, 0) is 36.0 Å². The molecule has 0 amide bonds. The van der Waals surface area contributed by atoms with Crippen molar-refractivity contribution in [3.8, 4) is 0 Å². The summed E-state index contributed by atoms with van der Waals surface area (Å²) < 4.78 is 2.29. The topological polar surface area (TPSA) is 8.17 Å². The van der Waals surface area contributed by atoms with E-state index in [0.29, 0.717) is 12.0 Å². The standard InChI is InChI=1S/C19H24N2S.ClH/c1-3-7-20-10-13(2)8-16-15-5-4-6-17-19(15)14(9-18(16)20)11-21(17)12-22;/h3-6,11,13,16,18,22H,1,7-10,12H2,2H3;1H/t13-,16-,18-;/m1./s1. The molecule has 0 N–H and O–H groups in total. The second-order valence-electron chi connectivity index (χ2n) is 6.97. The van der Waals surface area contributed by atoms with Crippen molar-refractivity contribution >= 4 is 35.9 Å². The van der Waals surface area contributed by atoms with Gasteiger partial charge in [0.05, 0.1) is 5.88 Å². The summed E-state index contributed by atoms with van der Waals surface area (Å²) in [6.45, 7) is 8.56. The highest BCUT2D eigenvalue weighted by molar-refractivity contribution is 7.79. The predicted octanol–water partition coefficient (Wildman–Crippen LogP) is 4.49. The first-order valence-corrected chi connectivity index (χ1v) is 8.92. The average Bonchev–Trinajstić information content (AvgIpc) is 2.88. The smallest absolute Gasteiger partial charge is 0.0653 e. The van der Waals surface area contributed by atoms with E-state index in [-0.39, 0.29) is 12.4 Å². The number of thiol groups is 1. The van der Waals surface area contributed by atoms with Crippen LogP contribution in [-0.2, 0) is 12.3 Å². The van der Waals surface area contributed by atoms with Crippen LogP contribution in [0.15, 0.2) is 37.1 Å². The van der Waals surface area contributed by atoms with Crippen LogP contribution in [0.5, 0.6) is 0 Å². The summed E-state index contributed by atoms with van der Waals surface area (Å²) in [7, 11) is 0. The largest absolute Gasteiger partial charge is 0.338 e. The molecule has 0 radical (unpaired) electrons. The summed E-state index contributed by atoms with van der Waals surface area (Å²) in [5.41, 5.74) is 4.42. The lowest BCUT2D eigenvalue weighted by atomic mass is 9.72. The Hall–Kier alpha value is -0.900. The molecule has 1 aliphatic heterocycles. The van der Waals surface area contributed by atoms with Crippen molar-refractivity contribution in [2.24, 2.45) is 5.92 Å². The quantitative estimate of drug-likeness (QED) is 0.634. The molecule has 4 rings (SSSR count). The van der Waals surface area contributed by atoms with Gasteiger partial charge in [0, 0.05) is 42.1 Å². The minimum Gasteiger partial charge on any atom is -0.338 e. The van der Waals surface area contributed by atoms with Crippen molar-refractivity contribution in [2.45, 2.75) is 37.6 Å². The number of rotatable bonds is 3. The molecule has 124 valence electrons. The molecule has 0 spiro atoms. The van der Waals surface area contributed by atoms with Crippen LogP contribution in [0.3, 0.4) is 0 Å². The van der Waals surface area contributed by atoms with E-state index in [1.54, 1.807) is 5.56 Å². The first-order valence-electron chi connectivity index (χ1n) is 8.29. The van der Waals surface area contributed by atoms with Crippen LogP contribution in [0.2, 0.25) is 0 Å². The van der Waals surface area contributed by atoms with E-state index < -0.39 is 0 Å². The molecule has 4 heteroatoms. The molecule has 1 aromatic heterocycles. The second-order valence-corrected chi connectivity index (χ2v) is 7.25. The normalized spacial score (nSPS) is 26.6. The Balaban J connectivity index is 0.00000156. The van der Waals surface area contributed by atoms with Crippen LogP contribution in [-0.4, -0.2) is 28.6 Å². The maximum Gasteiger partial charge on any atom is 0.0653 e. The Labute approximate surface area is 150 Å². The van der Waals surface area contributed by atoms with E-state index in [0.717, 1.165) is 18.3 Å². The summed E-state index contributed by atoms with van der Waals surface area (Å²) in [5.74, 6) is 2.17. The molecule has 1 aromatic carbocycles. The fourth-order valence-corrected chi connectivity index (χ4v) is 4.95. The molecule has 1 saturated heterocycles. The number of aromatic nitrogens is 1. The number of halogens is 1. The number of likely N-dealkylation sites (tertiary alicyclic amines) is 1. The molecule has 2 aliphatic rings. The van der Waals surface area contributed by atoms with Crippen LogP contribution in [0.1, 0.15) is 30.4 Å². The van der Waals surface area contributed by atoms with Crippen LogP contribution < -0.4 is 0 Å². The summed E-state index contributed by atoms with van der Waals surface area (Å²) in [6.07, 6.45) is 6.86. The van der Waals surface area contributed by atoms with Gasteiger partial charge in [-0.1, -0.05) is 25.1 Å². The molecule has 2 nitrogen and oxygen atoms in total. The van der Waals surface area contributed by atoms with Gasteiger partial charge in [0.15, 0.2) is 0 Å². The Kier molecular flexibility index (Phi) is 4.82. The van der Waals surface area contributed by atoms with Gasteiger partial charge in [-0.25, -0.2) is 0 Å². The highest BCUT2D eigenvalue weighted by Gasteiger charge is 2.39. The van der Waals surface area contributed by atoms with Gasteiger partial charge in [-0.15, -0.1) is 19.0 Å². The molecule has 0 saturated carbocycles. The maximum absolute atomic E-state index is 4.50. The molecule has 23 heavy (non-hydrogen) atoms. The van der Waals surface area contributed by atoms with Gasteiger partial charge in [0.2, 0.25) is 0 Å². The Morgan fingerprint density at radius 2 is 2.22 bits per heavy atom. The summed E-state index contributed by atoms with van der Waals surface area (Å²) in [4.78, 5) is 2.64. The second kappa shape index (κ2) is 6.54. The first kappa shape index (κ1) is 16.9. The Morgan fingerprint density at radius 3 is 2.96 bits per heavy atom. The highest BCUT2D eigenvalue weighted by Crippen LogP contribution is 2.45. The lowest BCUT2D eigenvalue weighted by Crippen LogP contribution is -2.49. The van der Waals surface area contributed by atoms with Gasteiger partial charge in [0.1, 0.15) is 0 Å². The molecule has 1 fully saturated rings. The van der Waals surface area contributed by atoms with E-state index in [2.05, 4.69) is 66.1 Å². The predicted molar refractivity (Wildman–Crippen MR) is 104 cm³/mol. The Bertz CT molecular complexity index is 723. The minimum absolute atomic E-state index is 0. The number of piperidine rings is 1. The fraction of sp³-hybridized carbons (Fsp3) is 0.474. The lowest BCUT2D eigenvalue weighted by molar-refractivity contribution is 0.104. The van der Waals surface area contributed by atoms with Crippen molar-refractivity contribution in [3.63, 3.8) is 0 Å². The maximum atomic E-state index is 4.50. The zero-order valence-electron chi connectivity index (χ0n) is 13.6. The van der Waals surface area contributed by atoms with Crippen molar-refractivity contribution in [1.29, 1.82) is 0 Å².